The maximum atomic E-state index is 11.6. The predicted octanol–water partition coefficient (Wildman–Crippen LogP) is 1.85. The summed E-state index contributed by atoms with van der Waals surface area (Å²) in [6.07, 6.45) is 0.686. The van der Waals surface area contributed by atoms with E-state index < -0.39 is 5.91 Å². The fourth-order valence-electron chi connectivity index (χ4n) is 2.87. The van der Waals surface area contributed by atoms with Gasteiger partial charge in [0.2, 0.25) is 5.82 Å². The first-order valence-corrected chi connectivity index (χ1v) is 8.83. The number of benzene rings is 1. The first kappa shape index (κ1) is 17.5. The van der Waals surface area contributed by atoms with Gasteiger partial charge in [0.1, 0.15) is 11.4 Å². The van der Waals surface area contributed by atoms with Crippen LogP contribution in [0.25, 0.3) is 17.0 Å². The molecule has 0 bridgehead atoms. The van der Waals surface area contributed by atoms with Crippen LogP contribution in [-0.4, -0.2) is 35.9 Å². The Labute approximate surface area is 160 Å². The van der Waals surface area contributed by atoms with Crippen LogP contribution >= 0.6 is 0 Å². The smallest absolute Gasteiger partial charge is 0.267 e. The van der Waals surface area contributed by atoms with E-state index in [1.807, 2.05) is 37.3 Å². The quantitative estimate of drug-likeness (QED) is 0.528. The van der Waals surface area contributed by atoms with Gasteiger partial charge in [-0.25, -0.2) is 9.50 Å². The molecule has 4 rings (SSSR count). The summed E-state index contributed by atoms with van der Waals surface area (Å²) in [5.41, 5.74) is 8.54. The molecule has 9 heteroatoms. The van der Waals surface area contributed by atoms with Gasteiger partial charge in [0.05, 0.1) is 5.52 Å². The summed E-state index contributed by atoms with van der Waals surface area (Å²) in [5, 5.41) is 20.0. The van der Waals surface area contributed by atoms with E-state index in [0.717, 1.165) is 11.3 Å². The van der Waals surface area contributed by atoms with Crippen LogP contribution in [0.1, 0.15) is 28.7 Å². The van der Waals surface area contributed by atoms with E-state index in [1.165, 1.54) is 4.52 Å². The van der Waals surface area contributed by atoms with Gasteiger partial charge in [0, 0.05) is 6.54 Å². The van der Waals surface area contributed by atoms with E-state index in [1.54, 1.807) is 18.2 Å². The molecule has 0 saturated carbocycles. The number of nitrogens with zero attached hydrogens (tertiary/aromatic N) is 6. The minimum absolute atomic E-state index is 0.233. The number of rotatable bonds is 6. The first-order valence-electron chi connectivity index (χ1n) is 8.83. The predicted molar refractivity (Wildman–Crippen MR) is 103 cm³/mol. The van der Waals surface area contributed by atoms with Crippen LogP contribution in [0.3, 0.4) is 0 Å². The van der Waals surface area contributed by atoms with Crippen molar-refractivity contribution in [2.24, 2.45) is 5.73 Å². The average molecular weight is 374 g/mol. The second-order valence-electron chi connectivity index (χ2n) is 6.13. The van der Waals surface area contributed by atoms with Crippen molar-refractivity contribution in [2.45, 2.75) is 19.9 Å². The molecule has 1 aromatic carbocycles. The zero-order chi connectivity index (χ0) is 19.5. The molecule has 0 aliphatic rings. The number of nitrogens with one attached hydrogen (secondary N) is 1. The van der Waals surface area contributed by atoms with Gasteiger partial charge < -0.3 is 11.1 Å². The number of primary amides is 1. The highest BCUT2D eigenvalue weighted by molar-refractivity contribution is 5.92. The number of hydrogen-bond acceptors (Lipinski definition) is 7. The molecule has 0 unspecified atom stereocenters. The number of pyridine rings is 1. The molecular formula is C19H18N8O. The largest absolute Gasteiger partial charge is 0.364 e. The van der Waals surface area contributed by atoms with Gasteiger partial charge in [-0.3, -0.25) is 4.79 Å². The molecule has 0 fully saturated rings. The molecule has 0 radical (unpaired) electrons. The molecule has 0 aliphatic heterocycles. The second kappa shape index (κ2) is 7.39. The lowest BCUT2D eigenvalue weighted by molar-refractivity contribution is 0.0993. The molecule has 3 heterocycles. The lowest BCUT2D eigenvalue weighted by atomic mass is 10.2. The Bertz CT molecular complexity index is 1140. The van der Waals surface area contributed by atoms with Crippen LogP contribution in [-0.2, 0) is 13.0 Å². The van der Waals surface area contributed by atoms with Crippen LogP contribution in [0.5, 0.6) is 0 Å². The number of fused-ring (bicyclic) bond motifs is 1. The first-order chi connectivity index (χ1) is 13.7. The third-order valence-corrected chi connectivity index (χ3v) is 4.30. The highest BCUT2D eigenvalue weighted by Gasteiger charge is 2.17. The van der Waals surface area contributed by atoms with Crippen LogP contribution in [0.15, 0.2) is 48.5 Å². The Balaban J connectivity index is 1.72. The summed E-state index contributed by atoms with van der Waals surface area (Å²) in [6, 6.07) is 15.1. The summed E-state index contributed by atoms with van der Waals surface area (Å²) in [5.74, 6) is 0.376. The molecule has 0 spiro atoms. The van der Waals surface area contributed by atoms with E-state index >= 15 is 0 Å². The third kappa shape index (κ3) is 3.25. The molecule has 3 N–H and O–H groups in total. The van der Waals surface area contributed by atoms with Gasteiger partial charge in [0.15, 0.2) is 11.5 Å². The molecule has 4 aromatic rings. The molecule has 140 valence electrons. The summed E-state index contributed by atoms with van der Waals surface area (Å²) >= 11 is 0. The monoisotopic (exact) mass is 374 g/mol. The number of hydrogen-bond donors (Lipinski definition) is 2. The van der Waals surface area contributed by atoms with Crippen LogP contribution in [0.4, 0.5) is 5.82 Å². The number of aromatic nitrogens is 6. The van der Waals surface area contributed by atoms with Crippen molar-refractivity contribution in [3.8, 4) is 11.5 Å². The van der Waals surface area contributed by atoms with E-state index in [-0.39, 0.29) is 5.69 Å². The summed E-state index contributed by atoms with van der Waals surface area (Å²) in [6.45, 7) is 2.60. The van der Waals surface area contributed by atoms with Gasteiger partial charge in [-0.05, 0) is 24.1 Å². The molecule has 28 heavy (non-hydrogen) atoms. The Morgan fingerprint density at radius 1 is 1.07 bits per heavy atom. The average Bonchev–Trinajstić information content (AvgIpc) is 3.17. The maximum Gasteiger partial charge on any atom is 0.267 e. The van der Waals surface area contributed by atoms with Gasteiger partial charge in [-0.15, -0.1) is 15.3 Å². The Morgan fingerprint density at radius 3 is 2.64 bits per heavy atom. The molecule has 0 atom stereocenters. The number of carbonyl (C=O) groups excluding carboxylic acids is 1. The zero-order valence-corrected chi connectivity index (χ0v) is 15.2. The molecule has 3 aromatic heterocycles. The number of amides is 1. The fraction of sp³-hybridized carbons (Fsp3) is 0.158. The lowest BCUT2D eigenvalue weighted by Gasteiger charge is -2.09. The van der Waals surface area contributed by atoms with Crippen molar-refractivity contribution < 1.29 is 4.79 Å². The standard InChI is InChI=1S/C19H18N8O/c1-2-13-18(21-11-12-7-4-3-5-8-12)22-19(25-23-13)16-14-9-6-10-15(17(20)28)27(14)26-24-16/h3-10H,2,11H2,1H3,(H2,20,28)(H,21,22,25). The zero-order valence-electron chi connectivity index (χ0n) is 15.2. The van der Waals surface area contributed by atoms with E-state index in [0.29, 0.717) is 35.8 Å². The van der Waals surface area contributed by atoms with E-state index in [9.17, 15) is 4.79 Å². The van der Waals surface area contributed by atoms with Crippen LogP contribution < -0.4 is 11.1 Å². The maximum absolute atomic E-state index is 11.6. The minimum atomic E-state index is -0.590. The van der Waals surface area contributed by atoms with Crippen molar-refractivity contribution in [3.05, 3.63) is 65.5 Å². The highest BCUT2D eigenvalue weighted by atomic mass is 16.1. The molecule has 0 aliphatic carbocycles. The van der Waals surface area contributed by atoms with Gasteiger partial charge >= 0.3 is 0 Å². The topological polar surface area (TPSA) is 124 Å². The van der Waals surface area contributed by atoms with E-state index in [2.05, 4.69) is 30.8 Å². The highest BCUT2D eigenvalue weighted by Crippen LogP contribution is 2.22. The van der Waals surface area contributed by atoms with Crippen molar-refractivity contribution in [1.29, 1.82) is 0 Å². The summed E-state index contributed by atoms with van der Waals surface area (Å²) < 4.78 is 1.38. The Hall–Kier alpha value is -3.88. The van der Waals surface area contributed by atoms with Crippen molar-refractivity contribution >= 4 is 17.2 Å². The number of aryl methyl sites for hydroxylation is 1. The molecule has 1 amide bonds. The Kier molecular flexibility index (Phi) is 4.63. The number of carbonyl (C=O) groups is 1. The number of nitrogens with two attached hydrogens (primary N) is 1. The Morgan fingerprint density at radius 2 is 1.89 bits per heavy atom. The summed E-state index contributed by atoms with van der Waals surface area (Å²) in [4.78, 5) is 16.2. The van der Waals surface area contributed by atoms with Crippen LogP contribution in [0.2, 0.25) is 0 Å². The molecular weight excluding hydrogens is 356 g/mol. The summed E-state index contributed by atoms with van der Waals surface area (Å²) in [7, 11) is 0. The minimum Gasteiger partial charge on any atom is -0.364 e. The van der Waals surface area contributed by atoms with Crippen molar-refractivity contribution in [1.82, 2.24) is 30.0 Å². The SMILES string of the molecule is CCc1nnc(-c2nnn3c(C(N)=O)cccc23)nc1NCc1ccccc1. The van der Waals surface area contributed by atoms with Gasteiger partial charge in [-0.1, -0.05) is 48.5 Å². The van der Waals surface area contributed by atoms with Crippen molar-refractivity contribution in [2.75, 3.05) is 5.32 Å². The van der Waals surface area contributed by atoms with Crippen LogP contribution in [0, 0.1) is 0 Å². The fourth-order valence-corrected chi connectivity index (χ4v) is 2.87. The van der Waals surface area contributed by atoms with Gasteiger partial charge in [0.25, 0.3) is 5.91 Å². The lowest BCUT2D eigenvalue weighted by Crippen LogP contribution is -2.15. The van der Waals surface area contributed by atoms with E-state index in [4.69, 9.17) is 5.73 Å². The van der Waals surface area contributed by atoms with Gasteiger partial charge in [-0.2, -0.15) is 0 Å². The number of anilines is 1. The third-order valence-electron chi connectivity index (χ3n) is 4.30. The van der Waals surface area contributed by atoms with Crippen molar-refractivity contribution in [3.63, 3.8) is 0 Å². The molecule has 0 saturated heterocycles. The second-order valence-corrected chi connectivity index (χ2v) is 6.13. The molecule has 9 nitrogen and oxygen atoms in total. The normalized spacial score (nSPS) is 10.9.